The molecule has 1 saturated heterocycles. The van der Waals surface area contributed by atoms with Crippen molar-refractivity contribution in [3.63, 3.8) is 0 Å². The summed E-state index contributed by atoms with van der Waals surface area (Å²) >= 11 is 4.96. The number of hydrogen-bond donors (Lipinski definition) is 5. The van der Waals surface area contributed by atoms with Crippen LogP contribution in [0.3, 0.4) is 0 Å². The third-order valence-corrected chi connectivity index (χ3v) is 3.87. The summed E-state index contributed by atoms with van der Waals surface area (Å²) in [6, 6.07) is 5.64. The lowest BCUT2D eigenvalue weighted by Gasteiger charge is -2.42. The molecule has 1 amide bonds. The van der Waals surface area contributed by atoms with Crippen molar-refractivity contribution in [1.29, 1.82) is 0 Å². The minimum Gasteiger partial charge on any atom is -0.462 e. The number of nitrogens with one attached hydrogen (secondary N) is 1. The maximum atomic E-state index is 11.4. The van der Waals surface area contributed by atoms with Gasteiger partial charge in [-0.2, -0.15) is 0 Å². The van der Waals surface area contributed by atoms with Gasteiger partial charge in [-0.05, 0) is 12.1 Å². The molecule has 1 aliphatic heterocycles. The first-order chi connectivity index (χ1) is 11.3. The Labute approximate surface area is 144 Å². The van der Waals surface area contributed by atoms with Crippen molar-refractivity contribution in [2.45, 2.75) is 37.6 Å². The molecule has 5 atom stereocenters. The van der Waals surface area contributed by atoms with Crippen LogP contribution in [0.25, 0.3) is 0 Å². The fourth-order valence-electron chi connectivity index (χ4n) is 2.47. The molecule has 6 N–H and O–H groups in total. The van der Waals surface area contributed by atoms with Gasteiger partial charge >= 0.3 is 0 Å². The normalized spacial score (nSPS) is 29.8. The molecule has 9 heteroatoms. The highest BCUT2D eigenvalue weighted by Crippen LogP contribution is 2.26. The number of aliphatic hydroxyl groups is 3. The van der Waals surface area contributed by atoms with Gasteiger partial charge in [-0.25, -0.2) is 0 Å². The number of hydrogen-bond acceptors (Lipinski definition) is 7. The second-order valence-corrected chi connectivity index (χ2v) is 5.85. The maximum Gasteiger partial charge on any atom is 0.223 e. The fourth-order valence-corrected chi connectivity index (χ4v) is 2.64. The predicted molar refractivity (Wildman–Crippen MR) is 88.3 cm³/mol. The number of rotatable bonds is 5. The molecular weight excluding hydrogens is 336 g/mol. The molecule has 2 rings (SSSR count). The third-order valence-electron chi connectivity index (χ3n) is 3.65. The van der Waals surface area contributed by atoms with Crippen LogP contribution >= 0.6 is 12.2 Å². The largest absolute Gasteiger partial charge is 0.462 e. The van der Waals surface area contributed by atoms with Gasteiger partial charge in [-0.3, -0.25) is 4.79 Å². The molecule has 0 unspecified atom stereocenters. The minimum absolute atomic E-state index is 0.108. The summed E-state index contributed by atoms with van der Waals surface area (Å²) in [5.74, 6) is -0.140. The van der Waals surface area contributed by atoms with E-state index in [0.29, 0.717) is 11.3 Å². The van der Waals surface area contributed by atoms with E-state index in [0.717, 1.165) is 0 Å². The Hall–Kier alpha value is -1.78. The van der Waals surface area contributed by atoms with Crippen LogP contribution < -0.4 is 15.8 Å². The molecule has 0 saturated carbocycles. The first kappa shape index (κ1) is 18.6. The van der Waals surface area contributed by atoms with Crippen molar-refractivity contribution in [3.8, 4) is 5.75 Å². The van der Waals surface area contributed by atoms with Crippen molar-refractivity contribution in [3.05, 3.63) is 29.8 Å². The molecule has 1 fully saturated rings. The summed E-state index contributed by atoms with van der Waals surface area (Å²) in [6.07, 6.45) is -4.98. The summed E-state index contributed by atoms with van der Waals surface area (Å²) in [6.45, 7) is 0.735. The Kier molecular flexibility index (Phi) is 6.08. The predicted octanol–water partition coefficient (Wildman–Crippen LogP) is -1.36. The van der Waals surface area contributed by atoms with Crippen LogP contribution in [-0.2, 0) is 9.53 Å². The Balaban J connectivity index is 2.30. The van der Waals surface area contributed by atoms with Gasteiger partial charge in [-0.1, -0.05) is 24.4 Å². The van der Waals surface area contributed by atoms with Gasteiger partial charge in [0.1, 0.15) is 35.1 Å². The fraction of sp³-hybridized carbons (Fsp3) is 0.467. The molecule has 24 heavy (non-hydrogen) atoms. The van der Waals surface area contributed by atoms with Crippen LogP contribution in [0.2, 0.25) is 0 Å². The van der Waals surface area contributed by atoms with Gasteiger partial charge in [0, 0.05) is 6.92 Å². The van der Waals surface area contributed by atoms with E-state index in [9.17, 15) is 20.1 Å². The highest BCUT2D eigenvalue weighted by atomic mass is 32.1. The van der Waals surface area contributed by atoms with Gasteiger partial charge in [-0.15, -0.1) is 0 Å². The Morgan fingerprint density at radius 3 is 2.62 bits per heavy atom. The van der Waals surface area contributed by atoms with Gasteiger partial charge in [0.2, 0.25) is 12.2 Å². The molecule has 1 aromatic rings. The van der Waals surface area contributed by atoms with Crippen LogP contribution in [0.1, 0.15) is 12.5 Å². The van der Waals surface area contributed by atoms with Crippen molar-refractivity contribution in [1.82, 2.24) is 5.32 Å². The monoisotopic (exact) mass is 356 g/mol. The molecule has 0 aliphatic carbocycles. The van der Waals surface area contributed by atoms with E-state index >= 15 is 0 Å². The van der Waals surface area contributed by atoms with Crippen molar-refractivity contribution < 1.29 is 29.6 Å². The zero-order valence-corrected chi connectivity index (χ0v) is 13.8. The second kappa shape index (κ2) is 7.86. The minimum atomic E-state index is -1.39. The Bertz CT molecular complexity index is 613. The van der Waals surface area contributed by atoms with Crippen LogP contribution in [-0.4, -0.2) is 63.5 Å². The van der Waals surface area contributed by atoms with Crippen LogP contribution in [0.5, 0.6) is 5.75 Å². The molecule has 0 bridgehead atoms. The lowest BCUT2D eigenvalue weighted by atomic mass is 9.97. The molecule has 0 aromatic heterocycles. The summed E-state index contributed by atoms with van der Waals surface area (Å²) in [4.78, 5) is 11.5. The third kappa shape index (κ3) is 4.00. The molecule has 1 aliphatic rings. The van der Waals surface area contributed by atoms with Gasteiger partial charge in [0.15, 0.2) is 0 Å². The van der Waals surface area contributed by atoms with Crippen LogP contribution in [0, 0.1) is 0 Å². The maximum absolute atomic E-state index is 11.4. The number of nitrogens with two attached hydrogens (primary N) is 1. The average molecular weight is 356 g/mol. The van der Waals surface area contributed by atoms with Crippen molar-refractivity contribution in [2.75, 3.05) is 6.61 Å². The molecule has 8 nitrogen and oxygen atoms in total. The average Bonchev–Trinajstić information content (AvgIpc) is 2.54. The van der Waals surface area contributed by atoms with Gasteiger partial charge in [0.25, 0.3) is 0 Å². The highest BCUT2D eigenvalue weighted by molar-refractivity contribution is 7.80. The molecule has 132 valence electrons. The number of benzene rings is 1. The molecular formula is C15H20N2O6S. The first-order valence-corrected chi connectivity index (χ1v) is 7.71. The van der Waals surface area contributed by atoms with Crippen molar-refractivity contribution >= 4 is 23.1 Å². The zero-order chi connectivity index (χ0) is 17.9. The van der Waals surface area contributed by atoms with E-state index in [4.69, 9.17) is 27.4 Å². The van der Waals surface area contributed by atoms with E-state index < -0.39 is 43.2 Å². The lowest BCUT2D eigenvalue weighted by Crippen LogP contribution is -2.65. The van der Waals surface area contributed by atoms with Crippen LogP contribution in [0.15, 0.2) is 24.3 Å². The van der Waals surface area contributed by atoms with E-state index in [1.54, 1.807) is 24.3 Å². The number of para-hydroxylation sites is 1. The number of aliphatic hydroxyl groups excluding tert-OH is 3. The number of thiocarbonyl (C=S) groups is 1. The highest BCUT2D eigenvalue weighted by Gasteiger charge is 2.46. The van der Waals surface area contributed by atoms with Gasteiger partial charge < -0.3 is 35.8 Å². The van der Waals surface area contributed by atoms with E-state index in [1.165, 1.54) is 6.92 Å². The summed E-state index contributed by atoms with van der Waals surface area (Å²) < 4.78 is 11.2. The SMILES string of the molecule is CC(=O)N[C@H]1[C@@H](Oc2ccccc2C(N)=S)O[C@H](CO)[C@H](O)[C@@H]1O. The Morgan fingerprint density at radius 2 is 2.04 bits per heavy atom. The van der Waals surface area contributed by atoms with Crippen LogP contribution in [0.4, 0.5) is 0 Å². The van der Waals surface area contributed by atoms with E-state index in [1.807, 2.05) is 0 Å². The van der Waals surface area contributed by atoms with E-state index in [-0.39, 0.29) is 4.99 Å². The molecule has 0 spiro atoms. The second-order valence-electron chi connectivity index (χ2n) is 5.41. The molecule has 0 radical (unpaired) electrons. The molecule has 1 aromatic carbocycles. The number of carbonyl (C=O) groups excluding carboxylic acids is 1. The van der Waals surface area contributed by atoms with Crippen molar-refractivity contribution in [2.24, 2.45) is 5.73 Å². The summed E-state index contributed by atoms with van der Waals surface area (Å²) in [7, 11) is 0. The number of ether oxygens (including phenoxy) is 2. The standard InChI is InChI=1S/C15H20N2O6S/c1-7(19)17-11-13(21)12(20)10(6-18)23-15(11)22-9-5-3-2-4-8(9)14(16)24/h2-5,10-13,15,18,20-21H,6H2,1H3,(H2,16,24)(H,17,19)/t10-,11-,12+,13-,15+/m1/s1. The lowest BCUT2D eigenvalue weighted by molar-refractivity contribution is -0.244. The summed E-state index contributed by atoms with van der Waals surface area (Å²) in [5.41, 5.74) is 6.11. The summed E-state index contributed by atoms with van der Waals surface area (Å²) in [5, 5.41) is 32.0. The quantitative estimate of drug-likeness (QED) is 0.409. The topological polar surface area (TPSA) is 134 Å². The smallest absolute Gasteiger partial charge is 0.223 e. The first-order valence-electron chi connectivity index (χ1n) is 7.30. The Morgan fingerprint density at radius 1 is 1.38 bits per heavy atom. The molecule has 1 heterocycles. The number of amides is 1. The van der Waals surface area contributed by atoms with E-state index in [2.05, 4.69) is 5.32 Å². The number of carbonyl (C=O) groups is 1. The zero-order valence-electron chi connectivity index (χ0n) is 13.0. The van der Waals surface area contributed by atoms with Gasteiger partial charge in [0.05, 0.1) is 12.2 Å².